The summed E-state index contributed by atoms with van der Waals surface area (Å²) in [6.45, 7) is 2.24. The first kappa shape index (κ1) is 12.2. The van der Waals surface area contributed by atoms with Crippen molar-refractivity contribution in [3.63, 3.8) is 0 Å². The molecule has 0 amide bonds. The van der Waals surface area contributed by atoms with E-state index < -0.39 is 0 Å². The van der Waals surface area contributed by atoms with E-state index in [-0.39, 0.29) is 0 Å². The highest BCUT2D eigenvalue weighted by Gasteiger charge is 2.01. The molecule has 1 N–H and O–H groups in total. The second kappa shape index (κ2) is 7.41. The molecule has 84 valence electrons. The van der Waals surface area contributed by atoms with Gasteiger partial charge in [0.15, 0.2) is 0 Å². The monoisotopic (exact) mass is 206 g/mol. The lowest BCUT2D eigenvalue weighted by molar-refractivity contribution is 0.482. The molecule has 0 aromatic carbocycles. The van der Waals surface area contributed by atoms with Crippen LogP contribution in [0.25, 0.3) is 0 Å². The van der Waals surface area contributed by atoms with E-state index >= 15 is 0 Å². The molecule has 0 aliphatic rings. The zero-order valence-electron chi connectivity index (χ0n) is 9.87. The molecule has 1 atom stereocenters. The molecule has 2 heteroatoms. The van der Waals surface area contributed by atoms with Crippen molar-refractivity contribution in [3.8, 4) is 0 Å². The molecular weight excluding hydrogens is 184 g/mol. The molecule has 0 aliphatic carbocycles. The number of hydrogen-bond donors (Lipinski definition) is 1. The molecule has 0 saturated carbocycles. The zero-order valence-corrected chi connectivity index (χ0v) is 9.87. The summed E-state index contributed by atoms with van der Waals surface area (Å²) in [6, 6.07) is 4.91. The SMILES string of the molecule is CCC(CCCCc1ccncc1)NC. The van der Waals surface area contributed by atoms with E-state index in [1.807, 2.05) is 12.4 Å². The Morgan fingerprint density at radius 2 is 2.00 bits per heavy atom. The predicted octanol–water partition coefficient (Wildman–Crippen LogP) is 2.79. The van der Waals surface area contributed by atoms with Gasteiger partial charge in [0.25, 0.3) is 0 Å². The van der Waals surface area contributed by atoms with Gasteiger partial charge in [0, 0.05) is 18.4 Å². The molecule has 0 bridgehead atoms. The molecule has 0 fully saturated rings. The van der Waals surface area contributed by atoms with Gasteiger partial charge in [-0.25, -0.2) is 0 Å². The predicted molar refractivity (Wildman–Crippen MR) is 64.9 cm³/mol. The van der Waals surface area contributed by atoms with E-state index in [9.17, 15) is 0 Å². The lowest BCUT2D eigenvalue weighted by atomic mass is 10.0. The normalized spacial score (nSPS) is 12.7. The van der Waals surface area contributed by atoms with Gasteiger partial charge in [-0.1, -0.05) is 13.3 Å². The lowest BCUT2D eigenvalue weighted by Crippen LogP contribution is -2.23. The molecule has 1 aromatic rings. The molecule has 2 nitrogen and oxygen atoms in total. The van der Waals surface area contributed by atoms with Crippen LogP contribution < -0.4 is 5.32 Å². The summed E-state index contributed by atoms with van der Waals surface area (Å²) in [5.74, 6) is 0. The number of hydrogen-bond acceptors (Lipinski definition) is 2. The largest absolute Gasteiger partial charge is 0.317 e. The van der Waals surface area contributed by atoms with Crippen LogP contribution in [0.2, 0.25) is 0 Å². The Labute approximate surface area is 93.1 Å². The smallest absolute Gasteiger partial charge is 0.0270 e. The standard InChI is InChI=1S/C13H22N2/c1-3-13(14-2)7-5-4-6-12-8-10-15-11-9-12/h8-11,13-14H,3-7H2,1-2H3. The van der Waals surface area contributed by atoms with Crippen molar-refractivity contribution >= 4 is 0 Å². The van der Waals surface area contributed by atoms with Gasteiger partial charge < -0.3 is 5.32 Å². The minimum absolute atomic E-state index is 0.697. The molecule has 1 heterocycles. The first-order valence-electron chi connectivity index (χ1n) is 5.93. The van der Waals surface area contributed by atoms with Gasteiger partial charge in [-0.15, -0.1) is 0 Å². The van der Waals surface area contributed by atoms with E-state index in [1.165, 1.54) is 37.7 Å². The van der Waals surface area contributed by atoms with Crippen molar-refractivity contribution in [3.05, 3.63) is 30.1 Å². The number of aromatic nitrogens is 1. The van der Waals surface area contributed by atoms with Gasteiger partial charge in [-0.3, -0.25) is 4.98 Å². The van der Waals surface area contributed by atoms with E-state index in [4.69, 9.17) is 0 Å². The van der Waals surface area contributed by atoms with Crippen molar-refractivity contribution in [2.45, 2.75) is 45.1 Å². The number of aryl methyl sites for hydroxylation is 1. The van der Waals surface area contributed by atoms with Crippen LogP contribution in [0.4, 0.5) is 0 Å². The summed E-state index contributed by atoms with van der Waals surface area (Å²) in [5.41, 5.74) is 1.41. The van der Waals surface area contributed by atoms with E-state index in [0.29, 0.717) is 6.04 Å². The second-order valence-corrected chi connectivity index (χ2v) is 4.00. The molecule has 1 unspecified atom stereocenters. The first-order valence-corrected chi connectivity index (χ1v) is 5.93. The van der Waals surface area contributed by atoms with Crippen LogP contribution >= 0.6 is 0 Å². The Bertz CT molecular complexity index is 242. The molecule has 1 rings (SSSR count). The first-order chi connectivity index (χ1) is 7.36. The highest BCUT2D eigenvalue weighted by atomic mass is 14.9. The molecular formula is C13H22N2. The Kier molecular flexibility index (Phi) is 6.02. The van der Waals surface area contributed by atoms with Crippen LogP contribution in [0, 0.1) is 0 Å². The summed E-state index contributed by atoms with van der Waals surface area (Å²) in [5, 5.41) is 3.34. The maximum Gasteiger partial charge on any atom is 0.0270 e. The molecule has 0 aliphatic heterocycles. The van der Waals surface area contributed by atoms with Crippen LogP contribution in [0.3, 0.4) is 0 Å². The van der Waals surface area contributed by atoms with Crippen molar-refractivity contribution in [2.24, 2.45) is 0 Å². The maximum atomic E-state index is 4.02. The van der Waals surface area contributed by atoms with Crippen LogP contribution in [-0.2, 0) is 6.42 Å². The third-order valence-corrected chi connectivity index (χ3v) is 2.92. The van der Waals surface area contributed by atoms with E-state index in [2.05, 4.69) is 36.4 Å². The molecule has 0 saturated heterocycles. The Morgan fingerprint density at radius 1 is 1.27 bits per heavy atom. The number of nitrogens with zero attached hydrogens (tertiary/aromatic N) is 1. The van der Waals surface area contributed by atoms with Crippen LogP contribution in [0.1, 0.15) is 38.2 Å². The van der Waals surface area contributed by atoms with Gasteiger partial charge in [-0.05, 0) is 50.4 Å². The maximum absolute atomic E-state index is 4.02. The summed E-state index contributed by atoms with van der Waals surface area (Å²) >= 11 is 0. The lowest BCUT2D eigenvalue weighted by Gasteiger charge is -2.12. The van der Waals surface area contributed by atoms with Gasteiger partial charge >= 0.3 is 0 Å². The van der Waals surface area contributed by atoms with Crippen molar-refractivity contribution in [1.82, 2.24) is 10.3 Å². The van der Waals surface area contributed by atoms with Crippen molar-refractivity contribution in [1.29, 1.82) is 0 Å². The van der Waals surface area contributed by atoms with E-state index in [1.54, 1.807) is 0 Å². The zero-order chi connectivity index (χ0) is 10.9. The minimum Gasteiger partial charge on any atom is -0.317 e. The topological polar surface area (TPSA) is 24.9 Å². The summed E-state index contributed by atoms with van der Waals surface area (Å²) in [6.07, 6.45) is 10.0. The van der Waals surface area contributed by atoms with Crippen LogP contribution in [0.5, 0.6) is 0 Å². The highest BCUT2D eigenvalue weighted by molar-refractivity contribution is 5.09. The Hall–Kier alpha value is -0.890. The molecule has 0 spiro atoms. The fourth-order valence-corrected chi connectivity index (χ4v) is 1.82. The highest BCUT2D eigenvalue weighted by Crippen LogP contribution is 2.08. The number of nitrogens with one attached hydrogen (secondary N) is 1. The number of rotatable bonds is 7. The van der Waals surface area contributed by atoms with Crippen LogP contribution in [0.15, 0.2) is 24.5 Å². The third kappa shape index (κ3) is 4.93. The third-order valence-electron chi connectivity index (χ3n) is 2.92. The quantitative estimate of drug-likeness (QED) is 0.694. The Balaban J connectivity index is 2.12. The van der Waals surface area contributed by atoms with Gasteiger partial charge in [-0.2, -0.15) is 0 Å². The van der Waals surface area contributed by atoms with Crippen LogP contribution in [-0.4, -0.2) is 18.1 Å². The van der Waals surface area contributed by atoms with Gasteiger partial charge in [0.2, 0.25) is 0 Å². The van der Waals surface area contributed by atoms with Gasteiger partial charge in [0.05, 0.1) is 0 Å². The summed E-state index contributed by atoms with van der Waals surface area (Å²) in [7, 11) is 2.05. The summed E-state index contributed by atoms with van der Waals surface area (Å²) < 4.78 is 0. The van der Waals surface area contributed by atoms with Gasteiger partial charge in [0.1, 0.15) is 0 Å². The summed E-state index contributed by atoms with van der Waals surface area (Å²) in [4.78, 5) is 4.02. The molecule has 1 aromatic heterocycles. The minimum atomic E-state index is 0.697. The average molecular weight is 206 g/mol. The van der Waals surface area contributed by atoms with Crippen molar-refractivity contribution < 1.29 is 0 Å². The average Bonchev–Trinajstić information content (AvgIpc) is 2.31. The van der Waals surface area contributed by atoms with Crippen molar-refractivity contribution in [2.75, 3.05) is 7.05 Å². The second-order valence-electron chi connectivity index (χ2n) is 4.00. The molecule has 0 radical (unpaired) electrons. The molecule has 15 heavy (non-hydrogen) atoms. The fourth-order valence-electron chi connectivity index (χ4n) is 1.82. The number of unbranched alkanes of at least 4 members (excludes halogenated alkanes) is 1. The fraction of sp³-hybridized carbons (Fsp3) is 0.615. The number of pyridine rings is 1. The Morgan fingerprint density at radius 3 is 2.60 bits per heavy atom. The van der Waals surface area contributed by atoms with E-state index in [0.717, 1.165) is 0 Å².